The number of nitrogens with zero attached hydrogens (tertiary/aromatic N) is 2. The quantitative estimate of drug-likeness (QED) is 0.241. The molecule has 116 valence electrons. The van der Waals surface area contributed by atoms with Gasteiger partial charge in [-0.1, -0.05) is 35.5 Å². The highest BCUT2D eigenvalue weighted by atomic mass is 16.5. The molecule has 1 aliphatic carbocycles. The summed E-state index contributed by atoms with van der Waals surface area (Å²) in [6.45, 7) is 2.42. The summed E-state index contributed by atoms with van der Waals surface area (Å²) in [6, 6.07) is 10.2. The average Bonchev–Trinajstić information content (AvgIpc) is 3.33. The number of likely N-dealkylation sites (N-methyl/N-ethyl adjacent to an activating group) is 1. The zero-order chi connectivity index (χ0) is 15.1. The number of nitrogens with two attached hydrogens (primary N) is 1. The lowest BCUT2D eigenvalue weighted by molar-refractivity contribution is 0.0919. The third kappa shape index (κ3) is 5.36. The summed E-state index contributed by atoms with van der Waals surface area (Å²) in [5, 5.41) is 11.9. The highest BCUT2D eigenvalue weighted by Crippen LogP contribution is 2.28. The van der Waals surface area contributed by atoms with Crippen LogP contribution in [0.2, 0.25) is 0 Å². The van der Waals surface area contributed by atoms with Crippen LogP contribution in [-0.4, -0.2) is 42.7 Å². The predicted octanol–water partition coefficient (Wildman–Crippen LogP) is 2.22. The largest absolute Gasteiger partial charge is 0.409 e. The molecular weight excluding hydrogens is 266 g/mol. The summed E-state index contributed by atoms with van der Waals surface area (Å²) in [5.41, 5.74) is 6.85. The Kier molecular flexibility index (Phi) is 6.02. The molecule has 1 aromatic rings. The molecule has 1 aromatic carbocycles. The maximum absolute atomic E-state index is 8.81. The van der Waals surface area contributed by atoms with Gasteiger partial charge in [-0.15, -0.1) is 0 Å². The summed E-state index contributed by atoms with van der Waals surface area (Å²) in [6.07, 6.45) is 3.12. The first-order valence-electron chi connectivity index (χ1n) is 7.50. The van der Waals surface area contributed by atoms with Gasteiger partial charge in [-0.3, -0.25) is 4.90 Å². The van der Waals surface area contributed by atoms with E-state index >= 15 is 0 Å². The number of hydrogen-bond acceptors (Lipinski definition) is 4. The van der Waals surface area contributed by atoms with Gasteiger partial charge in [0, 0.05) is 25.6 Å². The van der Waals surface area contributed by atoms with Crippen molar-refractivity contribution in [3.8, 4) is 0 Å². The van der Waals surface area contributed by atoms with Crippen molar-refractivity contribution in [3.63, 3.8) is 0 Å². The van der Waals surface area contributed by atoms with Crippen LogP contribution in [0.4, 0.5) is 0 Å². The molecule has 0 spiro atoms. The second-order valence-electron chi connectivity index (χ2n) is 5.72. The summed E-state index contributed by atoms with van der Waals surface area (Å²) >= 11 is 0. The van der Waals surface area contributed by atoms with Gasteiger partial charge in [0.2, 0.25) is 0 Å². The number of benzene rings is 1. The van der Waals surface area contributed by atoms with E-state index in [0.29, 0.717) is 13.0 Å². The van der Waals surface area contributed by atoms with Gasteiger partial charge >= 0.3 is 0 Å². The van der Waals surface area contributed by atoms with E-state index in [1.165, 1.54) is 12.8 Å². The number of amidine groups is 1. The van der Waals surface area contributed by atoms with Crippen LogP contribution in [0, 0.1) is 5.92 Å². The molecule has 21 heavy (non-hydrogen) atoms. The molecule has 1 fully saturated rings. The Morgan fingerprint density at radius 3 is 2.76 bits per heavy atom. The molecular formula is C16H25N3O2. The molecule has 0 aliphatic heterocycles. The zero-order valence-electron chi connectivity index (χ0n) is 12.6. The highest BCUT2D eigenvalue weighted by Gasteiger charge is 2.22. The molecule has 1 saturated carbocycles. The molecule has 5 nitrogen and oxygen atoms in total. The van der Waals surface area contributed by atoms with Crippen LogP contribution in [0.1, 0.15) is 30.9 Å². The van der Waals surface area contributed by atoms with Crippen molar-refractivity contribution < 1.29 is 9.94 Å². The van der Waals surface area contributed by atoms with Crippen LogP contribution < -0.4 is 5.73 Å². The minimum Gasteiger partial charge on any atom is -0.409 e. The maximum atomic E-state index is 8.81. The van der Waals surface area contributed by atoms with Gasteiger partial charge in [0.15, 0.2) is 0 Å². The summed E-state index contributed by atoms with van der Waals surface area (Å²) in [7, 11) is 2.04. The number of hydrogen-bond donors (Lipinski definition) is 2. The van der Waals surface area contributed by atoms with E-state index < -0.39 is 0 Å². The molecule has 0 bridgehead atoms. The van der Waals surface area contributed by atoms with Crippen molar-refractivity contribution in [2.45, 2.75) is 25.3 Å². The van der Waals surface area contributed by atoms with E-state index in [-0.39, 0.29) is 11.9 Å². The van der Waals surface area contributed by atoms with Gasteiger partial charge < -0.3 is 15.7 Å². The van der Waals surface area contributed by atoms with Crippen molar-refractivity contribution in [3.05, 3.63) is 35.9 Å². The van der Waals surface area contributed by atoms with Crippen LogP contribution in [-0.2, 0) is 4.74 Å². The van der Waals surface area contributed by atoms with E-state index in [1.807, 2.05) is 25.2 Å². The van der Waals surface area contributed by atoms with Crippen molar-refractivity contribution in [1.29, 1.82) is 0 Å². The monoisotopic (exact) mass is 291 g/mol. The third-order valence-corrected chi connectivity index (χ3v) is 3.89. The van der Waals surface area contributed by atoms with Crippen molar-refractivity contribution >= 4 is 5.84 Å². The minimum absolute atomic E-state index is 0.0895. The van der Waals surface area contributed by atoms with Crippen molar-refractivity contribution in [1.82, 2.24) is 4.90 Å². The lowest BCUT2D eigenvalue weighted by Gasteiger charge is -2.28. The Morgan fingerprint density at radius 2 is 2.14 bits per heavy atom. The van der Waals surface area contributed by atoms with Gasteiger partial charge in [0.05, 0.1) is 6.61 Å². The first-order chi connectivity index (χ1) is 10.2. The Hall–Kier alpha value is -1.59. The molecule has 0 aromatic heterocycles. The lowest BCUT2D eigenvalue weighted by Crippen LogP contribution is -2.31. The SMILES string of the molecule is CN(CCOCC1CC1)C(C/C(N)=N/O)c1ccccc1. The van der Waals surface area contributed by atoms with Crippen LogP contribution in [0.5, 0.6) is 0 Å². The fourth-order valence-corrected chi connectivity index (χ4v) is 2.34. The Labute approximate surface area is 126 Å². The summed E-state index contributed by atoms with van der Waals surface area (Å²) in [5.74, 6) is 1.03. The fourth-order valence-electron chi connectivity index (χ4n) is 2.34. The van der Waals surface area contributed by atoms with Crippen LogP contribution >= 0.6 is 0 Å². The maximum Gasteiger partial charge on any atom is 0.141 e. The topological polar surface area (TPSA) is 71.1 Å². The Bertz CT molecular complexity index is 446. The van der Waals surface area contributed by atoms with Gasteiger partial charge in [-0.2, -0.15) is 0 Å². The number of ether oxygens (including phenoxy) is 1. The van der Waals surface area contributed by atoms with E-state index in [2.05, 4.69) is 22.2 Å². The average molecular weight is 291 g/mol. The number of oxime groups is 1. The van der Waals surface area contributed by atoms with E-state index in [9.17, 15) is 0 Å². The molecule has 0 heterocycles. The van der Waals surface area contributed by atoms with Gasteiger partial charge in [-0.05, 0) is 31.4 Å². The van der Waals surface area contributed by atoms with Crippen LogP contribution in [0.15, 0.2) is 35.5 Å². The standard InChI is InChI=1S/C16H25N3O2/c1-19(9-10-21-12-13-7-8-13)15(11-16(17)18-20)14-5-3-2-4-6-14/h2-6,13,15,20H,7-12H2,1H3,(H2,17,18). The normalized spacial score (nSPS) is 17.1. The van der Waals surface area contributed by atoms with Crippen molar-refractivity contribution in [2.75, 3.05) is 26.8 Å². The van der Waals surface area contributed by atoms with Crippen LogP contribution in [0.25, 0.3) is 0 Å². The smallest absolute Gasteiger partial charge is 0.141 e. The van der Waals surface area contributed by atoms with E-state index in [1.54, 1.807) is 0 Å². The second-order valence-corrected chi connectivity index (χ2v) is 5.72. The van der Waals surface area contributed by atoms with Gasteiger partial charge in [0.1, 0.15) is 5.84 Å². The molecule has 0 radical (unpaired) electrons. The Balaban J connectivity index is 1.89. The van der Waals surface area contributed by atoms with Gasteiger partial charge in [0.25, 0.3) is 0 Å². The highest BCUT2D eigenvalue weighted by molar-refractivity contribution is 5.80. The third-order valence-electron chi connectivity index (χ3n) is 3.89. The molecule has 1 aliphatic rings. The molecule has 0 saturated heterocycles. The Morgan fingerprint density at radius 1 is 1.43 bits per heavy atom. The second kappa shape index (κ2) is 8.00. The molecule has 2 rings (SSSR count). The summed E-state index contributed by atoms with van der Waals surface area (Å²) < 4.78 is 5.69. The first-order valence-corrected chi connectivity index (χ1v) is 7.50. The number of rotatable bonds is 9. The summed E-state index contributed by atoms with van der Waals surface area (Å²) in [4.78, 5) is 2.19. The molecule has 5 heteroatoms. The lowest BCUT2D eigenvalue weighted by atomic mass is 10.0. The zero-order valence-corrected chi connectivity index (χ0v) is 12.6. The van der Waals surface area contributed by atoms with E-state index in [4.69, 9.17) is 15.7 Å². The fraction of sp³-hybridized carbons (Fsp3) is 0.562. The minimum atomic E-state index is 0.0895. The van der Waals surface area contributed by atoms with E-state index in [0.717, 1.165) is 24.6 Å². The molecule has 0 amide bonds. The van der Waals surface area contributed by atoms with Crippen LogP contribution in [0.3, 0.4) is 0 Å². The molecule has 1 atom stereocenters. The molecule has 1 unspecified atom stereocenters. The molecule has 3 N–H and O–H groups in total. The van der Waals surface area contributed by atoms with Crippen molar-refractivity contribution in [2.24, 2.45) is 16.8 Å². The predicted molar refractivity (Wildman–Crippen MR) is 83.4 cm³/mol. The van der Waals surface area contributed by atoms with Gasteiger partial charge in [-0.25, -0.2) is 0 Å². The first kappa shape index (κ1) is 15.8.